The molecule has 22 heavy (non-hydrogen) atoms. The molecule has 0 N–H and O–H groups in total. The van der Waals surface area contributed by atoms with Crippen molar-refractivity contribution in [3.8, 4) is 11.4 Å². The fourth-order valence-electron chi connectivity index (χ4n) is 2.86. The lowest BCUT2D eigenvalue weighted by molar-refractivity contribution is 0.0532. The lowest BCUT2D eigenvalue weighted by atomic mass is 10.0. The standard InChI is InChI=1S/C16H20ClN3O2/c1-21-11-14-4-2-3-9-20(14)10-15-18-16(19-22-15)12-5-7-13(17)8-6-12/h5-8,14H,2-4,9-11H2,1H3. The van der Waals surface area contributed by atoms with Gasteiger partial charge in [0.05, 0.1) is 13.2 Å². The van der Waals surface area contributed by atoms with Gasteiger partial charge in [0, 0.05) is 23.7 Å². The number of aromatic nitrogens is 2. The Kier molecular flexibility index (Phi) is 5.08. The summed E-state index contributed by atoms with van der Waals surface area (Å²) < 4.78 is 10.7. The van der Waals surface area contributed by atoms with Crippen LogP contribution >= 0.6 is 11.6 Å². The van der Waals surface area contributed by atoms with E-state index in [-0.39, 0.29) is 0 Å². The molecule has 118 valence electrons. The summed E-state index contributed by atoms with van der Waals surface area (Å²) in [6.07, 6.45) is 3.62. The molecule has 0 spiro atoms. The normalized spacial score (nSPS) is 19.5. The molecule has 1 aromatic carbocycles. The van der Waals surface area contributed by atoms with Crippen molar-refractivity contribution in [2.24, 2.45) is 0 Å². The number of rotatable bonds is 5. The van der Waals surface area contributed by atoms with Crippen LogP contribution < -0.4 is 0 Å². The van der Waals surface area contributed by atoms with Crippen molar-refractivity contribution in [3.05, 3.63) is 35.2 Å². The number of benzene rings is 1. The number of hydrogen-bond acceptors (Lipinski definition) is 5. The van der Waals surface area contributed by atoms with Crippen LogP contribution in [0.25, 0.3) is 11.4 Å². The van der Waals surface area contributed by atoms with Gasteiger partial charge in [0.25, 0.3) is 0 Å². The number of halogens is 1. The van der Waals surface area contributed by atoms with Crippen LogP contribution in [0, 0.1) is 0 Å². The van der Waals surface area contributed by atoms with Gasteiger partial charge < -0.3 is 9.26 Å². The molecule has 0 bridgehead atoms. The van der Waals surface area contributed by atoms with E-state index in [2.05, 4.69) is 15.0 Å². The zero-order valence-electron chi connectivity index (χ0n) is 12.7. The first kappa shape index (κ1) is 15.5. The van der Waals surface area contributed by atoms with E-state index in [4.69, 9.17) is 20.9 Å². The summed E-state index contributed by atoms with van der Waals surface area (Å²) >= 11 is 5.90. The van der Waals surface area contributed by atoms with E-state index in [9.17, 15) is 0 Å². The maximum Gasteiger partial charge on any atom is 0.241 e. The zero-order chi connectivity index (χ0) is 15.4. The van der Waals surface area contributed by atoms with Crippen molar-refractivity contribution in [1.82, 2.24) is 15.0 Å². The first-order valence-corrected chi connectivity index (χ1v) is 7.95. The van der Waals surface area contributed by atoms with Crippen LogP contribution in [0.1, 0.15) is 25.2 Å². The van der Waals surface area contributed by atoms with Gasteiger partial charge in [0.1, 0.15) is 0 Å². The van der Waals surface area contributed by atoms with Gasteiger partial charge in [0.2, 0.25) is 11.7 Å². The average molecular weight is 322 g/mol. The van der Waals surface area contributed by atoms with Gasteiger partial charge in [-0.2, -0.15) is 4.98 Å². The number of methoxy groups -OCH3 is 1. The second kappa shape index (κ2) is 7.22. The van der Waals surface area contributed by atoms with Crippen molar-refractivity contribution in [3.63, 3.8) is 0 Å². The monoisotopic (exact) mass is 321 g/mol. The minimum Gasteiger partial charge on any atom is -0.383 e. The van der Waals surface area contributed by atoms with Gasteiger partial charge in [-0.1, -0.05) is 23.2 Å². The highest BCUT2D eigenvalue weighted by molar-refractivity contribution is 6.30. The van der Waals surface area contributed by atoms with E-state index < -0.39 is 0 Å². The fourth-order valence-corrected chi connectivity index (χ4v) is 2.98. The molecule has 1 saturated heterocycles. The number of likely N-dealkylation sites (tertiary alicyclic amines) is 1. The summed E-state index contributed by atoms with van der Waals surface area (Å²) in [5.41, 5.74) is 0.909. The minimum atomic E-state index is 0.435. The Morgan fingerprint density at radius 2 is 2.14 bits per heavy atom. The zero-order valence-corrected chi connectivity index (χ0v) is 13.4. The third-order valence-electron chi connectivity index (χ3n) is 4.02. The molecule has 1 aliphatic rings. The topological polar surface area (TPSA) is 51.4 Å². The lowest BCUT2D eigenvalue weighted by Gasteiger charge is -2.34. The number of nitrogens with zero attached hydrogens (tertiary/aromatic N) is 3. The second-order valence-electron chi connectivity index (χ2n) is 5.59. The minimum absolute atomic E-state index is 0.435. The fraction of sp³-hybridized carbons (Fsp3) is 0.500. The van der Waals surface area contributed by atoms with Crippen molar-refractivity contribution < 1.29 is 9.26 Å². The average Bonchev–Trinajstić information content (AvgIpc) is 2.99. The molecule has 0 saturated carbocycles. The van der Waals surface area contributed by atoms with Gasteiger partial charge in [-0.25, -0.2) is 0 Å². The molecule has 6 heteroatoms. The molecule has 0 amide bonds. The number of ether oxygens (including phenoxy) is 1. The smallest absolute Gasteiger partial charge is 0.241 e. The van der Waals surface area contributed by atoms with Gasteiger partial charge in [0.15, 0.2) is 0 Å². The molecule has 3 rings (SSSR count). The second-order valence-corrected chi connectivity index (χ2v) is 6.03. The molecule has 0 aliphatic carbocycles. The molecule has 2 aromatic rings. The molecular weight excluding hydrogens is 302 g/mol. The molecule has 1 unspecified atom stereocenters. The van der Waals surface area contributed by atoms with Crippen molar-refractivity contribution in [2.75, 3.05) is 20.3 Å². The van der Waals surface area contributed by atoms with Gasteiger partial charge >= 0.3 is 0 Å². The van der Waals surface area contributed by atoms with Crippen LogP contribution in [0.5, 0.6) is 0 Å². The van der Waals surface area contributed by atoms with Crippen LogP contribution in [-0.2, 0) is 11.3 Å². The predicted octanol–water partition coefficient (Wildman–Crippen LogP) is 3.39. The summed E-state index contributed by atoms with van der Waals surface area (Å²) in [7, 11) is 1.75. The van der Waals surface area contributed by atoms with E-state index in [0.717, 1.165) is 25.1 Å². The molecule has 0 radical (unpaired) electrons. The van der Waals surface area contributed by atoms with Gasteiger partial charge in [-0.15, -0.1) is 0 Å². The number of piperidine rings is 1. The van der Waals surface area contributed by atoms with E-state index in [1.54, 1.807) is 7.11 Å². The van der Waals surface area contributed by atoms with Crippen LogP contribution in [0.4, 0.5) is 0 Å². The maximum atomic E-state index is 5.90. The Balaban J connectivity index is 1.69. The summed E-state index contributed by atoms with van der Waals surface area (Å²) in [6.45, 7) is 2.47. The highest BCUT2D eigenvalue weighted by Crippen LogP contribution is 2.22. The molecule has 1 aromatic heterocycles. The van der Waals surface area contributed by atoms with Crippen LogP contribution in [0.2, 0.25) is 5.02 Å². The largest absolute Gasteiger partial charge is 0.383 e. The summed E-state index contributed by atoms with van der Waals surface area (Å²) in [5.74, 6) is 1.25. The van der Waals surface area contributed by atoms with E-state index in [1.165, 1.54) is 12.8 Å². The van der Waals surface area contributed by atoms with Gasteiger partial charge in [-0.05, 0) is 43.7 Å². The van der Waals surface area contributed by atoms with Crippen molar-refractivity contribution in [1.29, 1.82) is 0 Å². The van der Waals surface area contributed by atoms with Crippen LogP contribution in [0.3, 0.4) is 0 Å². The Morgan fingerprint density at radius 3 is 2.91 bits per heavy atom. The Bertz CT molecular complexity index is 598. The summed E-state index contributed by atoms with van der Waals surface area (Å²) in [4.78, 5) is 6.86. The molecule has 1 atom stereocenters. The lowest BCUT2D eigenvalue weighted by Crippen LogP contribution is -2.41. The summed E-state index contributed by atoms with van der Waals surface area (Å²) in [5, 5.41) is 4.76. The first-order valence-electron chi connectivity index (χ1n) is 7.58. The molecule has 2 heterocycles. The molecule has 1 aliphatic heterocycles. The predicted molar refractivity (Wildman–Crippen MR) is 84.7 cm³/mol. The van der Waals surface area contributed by atoms with E-state index in [1.807, 2.05) is 24.3 Å². The molecule has 1 fully saturated rings. The Hall–Kier alpha value is -1.43. The highest BCUT2D eigenvalue weighted by Gasteiger charge is 2.24. The summed E-state index contributed by atoms with van der Waals surface area (Å²) in [6, 6.07) is 7.87. The van der Waals surface area contributed by atoms with E-state index in [0.29, 0.717) is 29.3 Å². The molecule has 5 nitrogen and oxygen atoms in total. The Morgan fingerprint density at radius 1 is 1.32 bits per heavy atom. The van der Waals surface area contributed by atoms with Crippen molar-refractivity contribution >= 4 is 11.6 Å². The van der Waals surface area contributed by atoms with E-state index >= 15 is 0 Å². The third kappa shape index (κ3) is 3.66. The first-order chi connectivity index (χ1) is 10.8. The SMILES string of the molecule is COCC1CCCCN1Cc1nc(-c2ccc(Cl)cc2)no1. The molecular formula is C16H20ClN3O2. The van der Waals surface area contributed by atoms with Crippen molar-refractivity contribution in [2.45, 2.75) is 31.8 Å². The maximum absolute atomic E-state index is 5.90. The van der Waals surface area contributed by atoms with Crippen LogP contribution in [0.15, 0.2) is 28.8 Å². The van der Waals surface area contributed by atoms with Gasteiger partial charge in [-0.3, -0.25) is 4.90 Å². The third-order valence-corrected chi connectivity index (χ3v) is 4.27. The van der Waals surface area contributed by atoms with Crippen LogP contribution in [-0.4, -0.2) is 41.3 Å². The number of hydrogen-bond donors (Lipinski definition) is 0. The Labute approximate surface area is 135 Å². The quantitative estimate of drug-likeness (QED) is 0.845. The highest BCUT2D eigenvalue weighted by atomic mass is 35.5.